The second-order valence-corrected chi connectivity index (χ2v) is 3.64. The summed E-state index contributed by atoms with van der Waals surface area (Å²) < 4.78 is 4.77. The van der Waals surface area contributed by atoms with Crippen LogP contribution in [0.25, 0.3) is 0 Å². The Labute approximate surface area is 106 Å². The SMILES string of the molecule is CCOC(=O)CCCNC(=O)c1ccc(N)cn1. The Bertz CT molecular complexity index is 404. The molecule has 0 unspecified atom stereocenters. The summed E-state index contributed by atoms with van der Waals surface area (Å²) in [5, 5.41) is 2.67. The number of carbonyl (C=O) groups excluding carboxylic acids is 2. The van der Waals surface area contributed by atoms with Crippen LogP contribution in [-0.2, 0) is 9.53 Å². The predicted molar refractivity (Wildman–Crippen MR) is 66.8 cm³/mol. The van der Waals surface area contributed by atoms with E-state index in [-0.39, 0.29) is 11.9 Å². The van der Waals surface area contributed by atoms with Crippen molar-refractivity contribution in [3.05, 3.63) is 24.0 Å². The highest BCUT2D eigenvalue weighted by Crippen LogP contribution is 2.01. The third-order valence-corrected chi connectivity index (χ3v) is 2.17. The van der Waals surface area contributed by atoms with Crippen molar-refractivity contribution in [2.75, 3.05) is 18.9 Å². The number of pyridine rings is 1. The zero-order valence-corrected chi connectivity index (χ0v) is 10.3. The molecule has 6 heteroatoms. The number of esters is 1. The number of nitrogen functional groups attached to an aromatic ring is 1. The van der Waals surface area contributed by atoms with Gasteiger partial charge in [0.05, 0.1) is 18.5 Å². The van der Waals surface area contributed by atoms with Crippen molar-refractivity contribution in [2.45, 2.75) is 19.8 Å². The molecule has 3 N–H and O–H groups in total. The van der Waals surface area contributed by atoms with E-state index in [1.54, 1.807) is 19.1 Å². The molecule has 0 aliphatic heterocycles. The van der Waals surface area contributed by atoms with Gasteiger partial charge in [0.25, 0.3) is 5.91 Å². The molecule has 1 aromatic rings. The Morgan fingerprint density at radius 1 is 1.44 bits per heavy atom. The number of nitrogens with zero attached hydrogens (tertiary/aromatic N) is 1. The fraction of sp³-hybridized carbons (Fsp3) is 0.417. The van der Waals surface area contributed by atoms with Gasteiger partial charge in [0.2, 0.25) is 0 Å². The van der Waals surface area contributed by atoms with Crippen LogP contribution in [0.1, 0.15) is 30.3 Å². The van der Waals surface area contributed by atoms with E-state index in [0.29, 0.717) is 37.4 Å². The van der Waals surface area contributed by atoms with E-state index in [0.717, 1.165) is 0 Å². The van der Waals surface area contributed by atoms with Crippen LogP contribution >= 0.6 is 0 Å². The van der Waals surface area contributed by atoms with E-state index in [4.69, 9.17) is 10.5 Å². The van der Waals surface area contributed by atoms with E-state index in [9.17, 15) is 9.59 Å². The number of hydrogen-bond donors (Lipinski definition) is 2. The molecule has 1 heterocycles. The lowest BCUT2D eigenvalue weighted by Crippen LogP contribution is -2.25. The number of nitrogens with two attached hydrogens (primary N) is 1. The van der Waals surface area contributed by atoms with E-state index in [1.165, 1.54) is 6.20 Å². The second kappa shape index (κ2) is 7.26. The first-order chi connectivity index (χ1) is 8.63. The molecule has 18 heavy (non-hydrogen) atoms. The molecule has 98 valence electrons. The fourth-order valence-electron chi connectivity index (χ4n) is 1.30. The molecular formula is C12H17N3O3. The number of nitrogens with one attached hydrogen (secondary N) is 1. The summed E-state index contributed by atoms with van der Waals surface area (Å²) in [7, 11) is 0. The van der Waals surface area contributed by atoms with Gasteiger partial charge in [-0.2, -0.15) is 0 Å². The number of carbonyl (C=O) groups is 2. The number of ether oxygens (including phenoxy) is 1. The van der Waals surface area contributed by atoms with Crippen molar-refractivity contribution in [2.24, 2.45) is 0 Å². The number of rotatable bonds is 6. The topological polar surface area (TPSA) is 94.3 Å². The van der Waals surface area contributed by atoms with E-state index >= 15 is 0 Å². The van der Waals surface area contributed by atoms with Gasteiger partial charge >= 0.3 is 5.97 Å². The van der Waals surface area contributed by atoms with Crippen molar-refractivity contribution in [1.29, 1.82) is 0 Å². The van der Waals surface area contributed by atoms with Crippen molar-refractivity contribution in [1.82, 2.24) is 10.3 Å². The van der Waals surface area contributed by atoms with Gasteiger partial charge in [-0.1, -0.05) is 0 Å². The van der Waals surface area contributed by atoms with Gasteiger partial charge in [-0.05, 0) is 25.5 Å². The second-order valence-electron chi connectivity index (χ2n) is 3.64. The van der Waals surface area contributed by atoms with Gasteiger partial charge in [-0.15, -0.1) is 0 Å². The molecule has 1 rings (SSSR count). The molecule has 0 aliphatic rings. The summed E-state index contributed by atoms with van der Waals surface area (Å²) in [6, 6.07) is 3.16. The summed E-state index contributed by atoms with van der Waals surface area (Å²) in [6.07, 6.45) is 2.26. The predicted octanol–water partition coefficient (Wildman–Crippen LogP) is 0.737. The van der Waals surface area contributed by atoms with Crippen molar-refractivity contribution < 1.29 is 14.3 Å². The van der Waals surface area contributed by atoms with Gasteiger partial charge in [0, 0.05) is 13.0 Å². The molecule has 6 nitrogen and oxygen atoms in total. The maximum absolute atomic E-state index is 11.6. The van der Waals surface area contributed by atoms with Crippen LogP contribution in [-0.4, -0.2) is 30.0 Å². The molecular weight excluding hydrogens is 234 g/mol. The average molecular weight is 251 g/mol. The summed E-state index contributed by atoms with van der Waals surface area (Å²) in [6.45, 7) is 2.54. The third kappa shape index (κ3) is 4.82. The Hall–Kier alpha value is -2.11. The first-order valence-corrected chi connectivity index (χ1v) is 5.79. The molecule has 1 amide bonds. The Kier molecular flexibility index (Phi) is 5.63. The van der Waals surface area contributed by atoms with E-state index in [1.807, 2.05) is 0 Å². The Balaban J connectivity index is 2.25. The summed E-state index contributed by atoms with van der Waals surface area (Å²) in [5.41, 5.74) is 6.28. The number of anilines is 1. The standard InChI is InChI=1S/C12H17N3O3/c1-2-18-11(16)4-3-7-14-12(17)10-6-5-9(13)8-15-10/h5-6,8H,2-4,7,13H2,1H3,(H,14,17). The Morgan fingerprint density at radius 3 is 2.83 bits per heavy atom. The van der Waals surface area contributed by atoms with Gasteiger partial charge in [0.15, 0.2) is 0 Å². The van der Waals surface area contributed by atoms with Gasteiger partial charge < -0.3 is 15.8 Å². The highest BCUT2D eigenvalue weighted by atomic mass is 16.5. The molecule has 0 atom stereocenters. The minimum atomic E-state index is -0.279. The average Bonchev–Trinajstić information content (AvgIpc) is 2.35. The van der Waals surface area contributed by atoms with Crippen LogP contribution in [0.5, 0.6) is 0 Å². The molecule has 0 saturated heterocycles. The summed E-state index contributed by atoms with van der Waals surface area (Å²) in [4.78, 5) is 26.5. The molecule has 1 aromatic heterocycles. The normalized spacial score (nSPS) is 9.83. The largest absolute Gasteiger partial charge is 0.466 e. The van der Waals surface area contributed by atoms with Gasteiger partial charge in [-0.3, -0.25) is 9.59 Å². The van der Waals surface area contributed by atoms with Crippen LogP contribution < -0.4 is 11.1 Å². The van der Waals surface area contributed by atoms with Crippen molar-refractivity contribution >= 4 is 17.6 Å². The molecule has 0 saturated carbocycles. The minimum Gasteiger partial charge on any atom is -0.466 e. The monoisotopic (exact) mass is 251 g/mol. The summed E-state index contributed by atoms with van der Waals surface area (Å²) in [5.74, 6) is -0.531. The van der Waals surface area contributed by atoms with Crippen LogP contribution in [0.3, 0.4) is 0 Å². The van der Waals surface area contributed by atoms with Crippen LogP contribution in [0, 0.1) is 0 Å². The molecule has 0 aromatic carbocycles. The lowest BCUT2D eigenvalue weighted by atomic mass is 10.3. The van der Waals surface area contributed by atoms with E-state index in [2.05, 4.69) is 10.3 Å². The number of amides is 1. The lowest BCUT2D eigenvalue weighted by Gasteiger charge is -2.04. The fourth-order valence-corrected chi connectivity index (χ4v) is 1.30. The van der Waals surface area contributed by atoms with Crippen LogP contribution in [0.4, 0.5) is 5.69 Å². The van der Waals surface area contributed by atoms with Crippen molar-refractivity contribution in [3.63, 3.8) is 0 Å². The third-order valence-electron chi connectivity index (χ3n) is 2.17. The Morgan fingerprint density at radius 2 is 2.22 bits per heavy atom. The maximum atomic E-state index is 11.6. The van der Waals surface area contributed by atoms with Gasteiger partial charge in [-0.25, -0.2) is 4.98 Å². The van der Waals surface area contributed by atoms with Gasteiger partial charge in [0.1, 0.15) is 5.69 Å². The highest BCUT2D eigenvalue weighted by molar-refractivity contribution is 5.92. The van der Waals surface area contributed by atoms with E-state index < -0.39 is 0 Å². The smallest absolute Gasteiger partial charge is 0.305 e. The number of aromatic nitrogens is 1. The minimum absolute atomic E-state index is 0.252. The van der Waals surface area contributed by atoms with Crippen molar-refractivity contribution in [3.8, 4) is 0 Å². The quantitative estimate of drug-likeness (QED) is 0.574. The van der Waals surface area contributed by atoms with Crippen LogP contribution in [0.15, 0.2) is 18.3 Å². The highest BCUT2D eigenvalue weighted by Gasteiger charge is 2.06. The first-order valence-electron chi connectivity index (χ1n) is 5.79. The zero-order chi connectivity index (χ0) is 13.4. The molecule has 0 aliphatic carbocycles. The molecule has 0 fully saturated rings. The maximum Gasteiger partial charge on any atom is 0.305 e. The molecule has 0 spiro atoms. The zero-order valence-electron chi connectivity index (χ0n) is 10.3. The van der Waals surface area contributed by atoms with Crippen LogP contribution in [0.2, 0.25) is 0 Å². The molecule has 0 bridgehead atoms. The number of hydrogen-bond acceptors (Lipinski definition) is 5. The lowest BCUT2D eigenvalue weighted by molar-refractivity contribution is -0.143. The first kappa shape index (κ1) is 14.0. The summed E-state index contributed by atoms with van der Waals surface area (Å²) >= 11 is 0. The molecule has 0 radical (unpaired) electrons.